The maximum atomic E-state index is 15.4. The first-order valence-electron chi connectivity index (χ1n) is 10.7. The second-order valence-corrected chi connectivity index (χ2v) is 9.15. The average Bonchev–Trinajstić information content (AvgIpc) is 3.56. The Bertz CT molecular complexity index is 1210. The monoisotopic (exact) mass is 409 g/mol. The Morgan fingerprint density at radius 3 is 2.73 bits per heavy atom. The first-order valence-corrected chi connectivity index (χ1v) is 10.7. The third-order valence-corrected chi connectivity index (χ3v) is 7.14. The highest BCUT2D eigenvalue weighted by atomic mass is 19.1. The van der Waals surface area contributed by atoms with Gasteiger partial charge in [0, 0.05) is 30.1 Å². The summed E-state index contributed by atoms with van der Waals surface area (Å²) in [5, 5.41) is 4.51. The van der Waals surface area contributed by atoms with Gasteiger partial charge in [0.25, 0.3) is 5.56 Å². The van der Waals surface area contributed by atoms with E-state index in [1.807, 2.05) is 11.5 Å². The lowest BCUT2D eigenvalue weighted by Gasteiger charge is -2.25. The molecule has 3 heterocycles. The third kappa shape index (κ3) is 2.62. The lowest BCUT2D eigenvalue weighted by molar-refractivity contribution is 0.418. The first-order chi connectivity index (χ1) is 14.5. The Morgan fingerprint density at radius 1 is 1.27 bits per heavy atom. The van der Waals surface area contributed by atoms with Crippen molar-refractivity contribution >= 4 is 16.6 Å². The summed E-state index contributed by atoms with van der Waals surface area (Å²) in [6.45, 7) is 3.49. The van der Waals surface area contributed by atoms with Gasteiger partial charge in [-0.05, 0) is 62.6 Å². The number of rotatable bonds is 4. The number of hydrogen-bond donors (Lipinski definition) is 1. The summed E-state index contributed by atoms with van der Waals surface area (Å²) in [6, 6.07) is 3.36. The van der Waals surface area contributed by atoms with E-state index in [2.05, 4.69) is 15.0 Å². The molecule has 0 radical (unpaired) electrons. The minimum Gasteiger partial charge on any atom is -0.369 e. The quantitative estimate of drug-likeness (QED) is 0.712. The molecule has 156 valence electrons. The van der Waals surface area contributed by atoms with E-state index in [0.717, 1.165) is 56.3 Å². The van der Waals surface area contributed by atoms with Crippen molar-refractivity contribution in [1.82, 2.24) is 14.7 Å². The molecule has 3 fully saturated rings. The summed E-state index contributed by atoms with van der Waals surface area (Å²) < 4.78 is 22.0. The van der Waals surface area contributed by atoms with Crippen molar-refractivity contribution in [2.24, 2.45) is 11.7 Å². The summed E-state index contributed by atoms with van der Waals surface area (Å²) in [4.78, 5) is 19.5. The minimum atomic E-state index is -0.262. The van der Waals surface area contributed by atoms with E-state index < -0.39 is 0 Å². The number of aryl methyl sites for hydroxylation is 1. The van der Waals surface area contributed by atoms with E-state index in [1.54, 1.807) is 12.1 Å². The summed E-state index contributed by atoms with van der Waals surface area (Å²) in [6.07, 6.45) is 6.19. The highest BCUT2D eigenvalue weighted by Crippen LogP contribution is 2.46. The van der Waals surface area contributed by atoms with Crippen molar-refractivity contribution in [2.45, 2.75) is 50.6 Å². The fourth-order valence-corrected chi connectivity index (χ4v) is 5.16. The highest BCUT2D eigenvalue weighted by molar-refractivity contribution is 5.90. The number of nitrogens with zero attached hydrogens (tertiary/aromatic N) is 4. The molecule has 0 amide bonds. The van der Waals surface area contributed by atoms with E-state index in [1.165, 1.54) is 6.39 Å². The zero-order chi connectivity index (χ0) is 20.6. The zero-order valence-electron chi connectivity index (χ0n) is 16.9. The highest BCUT2D eigenvalue weighted by Gasteiger charge is 2.48. The number of aromatic nitrogens is 3. The second kappa shape index (κ2) is 6.14. The van der Waals surface area contributed by atoms with Gasteiger partial charge in [-0.2, -0.15) is 4.98 Å². The zero-order valence-corrected chi connectivity index (χ0v) is 16.9. The number of fused-ring (bicyclic) bond motifs is 1. The van der Waals surface area contributed by atoms with Crippen LogP contribution in [0, 0.1) is 18.7 Å². The van der Waals surface area contributed by atoms with Gasteiger partial charge in [0.05, 0.1) is 16.8 Å². The van der Waals surface area contributed by atoms with E-state index in [9.17, 15) is 4.79 Å². The summed E-state index contributed by atoms with van der Waals surface area (Å²) in [5.74, 6) is 0.374. The molecule has 0 unspecified atom stereocenters. The topological polar surface area (TPSA) is 90.2 Å². The largest absolute Gasteiger partial charge is 0.369 e. The van der Waals surface area contributed by atoms with Crippen molar-refractivity contribution in [3.63, 3.8) is 0 Å². The summed E-state index contributed by atoms with van der Waals surface area (Å²) in [7, 11) is 0. The number of hydrogen-bond acceptors (Lipinski definition) is 6. The lowest BCUT2D eigenvalue weighted by atomic mass is 9.97. The van der Waals surface area contributed by atoms with Crippen molar-refractivity contribution < 1.29 is 8.91 Å². The molecule has 3 aromatic rings. The molecular formula is C22H24FN5O2. The van der Waals surface area contributed by atoms with Crippen LogP contribution in [0.4, 0.5) is 10.1 Å². The number of anilines is 1. The number of pyridine rings is 1. The van der Waals surface area contributed by atoms with Gasteiger partial charge in [-0.3, -0.25) is 4.79 Å². The Hall–Kier alpha value is -2.74. The molecule has 2 N–H and O–H groups in total. The number of nitrogens with two attached hydrogens (primary N) is 1. The van der Waals surface area contributed by atoms with Gasteiger partial charge >= 0.3 is 0 Å². The molecule has 30 heavy (non-hydrogen) atoms. The standard InChI is InChI=1S/C22H24FN5O2/c1-12-18-13(8-16(20-25-11-30-26-20)21(29)28(18)15-2-3-15)9-17(23)19(12)27-7-4-14(10-27)22(24)5-6-22/h8-9,11,14-15H,2-7,10,24H2,1H3/t14-/m1/s1. The van der Waals surface area contributed by atoms with Crippen LogP contribution in [0.3, 0.4) is 0 Å². The second-order valence-electron chi connectivity index (χ2n) is 9.15. The molecule has 6 rings (SSSR count). The third-order valence-electron chi connectivity index (χ3n) is 7.14. The average molecular weight is 409 g/mol. The van der Waals surface area contributed by atoms with Crippen LogP contribution in [0.15, 0.2) is 27.8 Å². The fourth-order valence-electron chi connectivity index (χ4n) is 5.16. The molecule has 1 aliphatic heterocycles. The van der Waals surface area contributed by atoms with Crippen LogP contribution in [0.5, 0.6) is 0 Å². The van der Waals surface area contributed by atoms with Crippen LogP contribution in [0.1, 0.15) is 43.7 Å². The maximum Gasteiger partial charge on any atom is 0.262 e. The number of benzene rings is 1. The van der Waals surface area contributed by atoms with Crippen molar-refractivity contribution in [3.05, 3.63) is 40.3 Å². The van der Waals surface area contributed by atoms with Crippen LogP contribution >= 0.6 is 0 Å². The minimum absolute atomic E-state index is 0.0639. The van der Waals surface area contributed by atoms with E-state index in [0.29, 0.717) is 22.6 Å². The summed E-state index contributed by atoms with van der Waals surface area (Å²) in [5.41, 5.74) is 8.79. The molecule has 8 heteroatoms. The van der Waals surface area contributed by atoms with Gasteiger partial charge in [0.2, 0.25) is 12.2 Å². The van der Waals surface area contributed by atoms with Crippen LogP contribution in [-0.2, 0) is 0 Å². The SMILES string of the molecule is Cc1c(N2CC[C@@H](C3(N)CC3)C2)c(F)cc2cc(-c3ncon3)c(=O)n(C3CC3)c12. The normalized spacial score (nSPS) is 22.8. The van der Waals surface area contributed by atoms with Crippen LogP contribution in [0.2, 0.25) is 0 Å². The maximum absolute atomic E-state index is 15.4. The molecule has 1 atom stereocenters. The number of halogens is 1. The van der Waals surface area contributed by atoms with Gasteiger partial charge in [0.1, 0.15) is 5.82 Å². The van der Waals surface area contributed by atoms with E-state index in [-0.39, 0.29) is 28.8 Å². The molecule has 0 bridgehead atoms. The van der Waals surface area contributed by atoms with Crippen LogP contribution < -0.4 is 16.2 Å². The van der Waals surface area contributed by atoms with E-state index >= 15 is 4.39 Å². The molecule has 3 aliphatic rings. The molecule has 0 spiro atoms. The van der Waals surface area contributed by atoms with Gasteiger partial charge < -0.3 is 19.7 Å². The Morgan fingerprint density at radius 2 is 2.07 bits per heavy atom. The van der Waals surface area contributed by atoms with Crippen molar-refractivity contribution in [3.8, 4) is 11.4 Å². The molecule has 1 saturated heterocycles. The molecular weight excluding hydrogens is 385 g/mol. The van der Waals surface area contributed by atoms with Gasteiger partial charge in [0.15, 0.2) is 0 Å². The molecule has 7 nitrogen and oxygen atoms in total. The van der Waals surface area contributed by atoms with Gasteiger partial charge in [-0.25, -0.2) is 4.39 Å². The molecule has 1 aromatic carbocycles. The Balaban J connectivity index is 1.53. The predicted molar refractivity (Wildman–Crippen MR) is 111 cm³/mol. The molecule has 2 saturated carbocycles. The molecule has 2 aromatic heterocycles. The van der Waals surface area contributed by atoms with Crippen LogP contribution in [0.25, 0.3) is 22.3 Å². The summed E-state index contributed by atoms with van der Waals surface area (Å²) >= 11 is 0. The van der Waals surface area contributed by atoms with E-state index in [4.69, 9.17) is 10.3 Å². The van der Waals surface area contributed by atoms with Crippen LogP contribution in [-0.4, -0.2) is 33.3 Å². The van der Waals surface area contributed by atoms with Gasteiger partial charge in [-0.15, -0.1) is 0 Å². The first kappa shape index (κ1) is 18.1. The smallest absolute Gasteiger partial charge is 0.262 e. The Kier molecular flexibility index (Phi) is 3.69. The van der Waals surface area contributed by atoms with Gasteiger partial charge in [-0.1, -0.05) is 5.16 Å². The lowest BCUT2D eigenvalue weighted by Crippen LogP contribution is -2.35. The van der Waals surface area contributed by atoms with Crippen molar-refractivity contribution in [1.29, 1.82) is 0 Å². The molecule has 2 aliphatic carbocycles. The fraction of sp³-hybridized carbons (Fsp3) is 0.500. The van der Waals surface area contributed by atoms with Crippen molar-refractivity contribution in [2.75, 3.05) is 18.0 Å². The Labute approximate surface area is 172 Å². The predicted octanol–water partition coefficient (Wildman–Crippen LogP) is 3.15.